The Morgan fingerprint density at radius 1 is 1.19 bits per heavy atom. The summed E-state index contributed by atoms with van der Waals surface area (Å²) < 4.78 is 32.2. The molecule has 1 aromatic heterocycles. The van der Waals surface area contributed by atoms with E-state index in [2.05, 4.69) is 34.2 Å². The third-order valence-electron chi connectivity index (χ3n) is 5.82. The molecule has 0 spiro atoms. The molecule has 2 aliphatic rings. The first kappa shape index (κ1) is 18.5. The standard InChI is InChI=1S/C20H27N3O3S/c1-13-5-4-6-18(9-13)26-19-10-16-7-8-17(11-19)23(16)12-27(24,25)20-14(2)21-22-15(20)3/h4-6,9,16-17,19H,7-8,10-12H2,1-3H3,(H,21,22)/t16-,17+,19?. The van der Waals surface area contributed by atoms with Crippen molar-refractivity contribution in [2.45, 2.75) is 69.5 Å². The second-order valence-electron chi connectivity index (χ2n) is 7.93. The number of aryl methyl sites for hydroxylation is 3. The first-order chi connectivity index (χ1) is 12.8. The van der Waals surface area contributed by atoms with Gasteiger partial charge in [-0.25, -0.2) is 8.42 Å². The molecule has 0 amide bonds. The van der Waals surface area contributed by atoms with Gasteiger partial charge in [-0.2, -0.15) is 5.10 Å². The Hall–Kier alpha value is -1.86. The van der Waals surface area contributed by atoms with Crippen molar-refractivity contribution < 1.29 is 13.2 Å². The Bertz CT molecular complexity index is 904. The minimum absolute atomic E-state index is 0.0702. The van der Waals surface area contributed by atoms with Gasteiger partial charge < -0.3 is 4.74 Å². The molecular formula is C20H27N3O3S. The predicted octanol–water partition coefficient (Wildman–Crippen LogP) is 3.14. The van der Waals surface area contributed by atoms with E-state index in [-0.39, 0.29) is 24.1 Å². The van der Waals surface area contributed by atoms with E-state index >= 15 is 0 Å². The predicted molar refractivity (Wildman–Crippen MR) is 104 cm³/mol. The summed E-state index contributed by atoms with van der Waals surface area (Å²) in [5.74, 6) is 0.978. The molecule has 2 aromatic rings. The Kier molecular flexibility index (Phi) is 4.76. The number of rotatable bonds is 5. The van der Waals surface area contributed by atoms with Crippen molar-refractivity contribution in [2.24, 2.45) is 0 Å². The Labute approximate surface area is 160 Å². The zero-order valence-electron chi connectivity index (χ0n) is 16.1. The van der Waals surface area contributed by atoms with Crippen LogP contribution in [0.25, 0.3) is 0 Å². The van der Waals surface area contributed by atoms with Crippen LogP contribution in [0.2, 0.25) is 0 Å². The minimum atomic E-state index is -3.39. The number of nitrogens with one attached hydrogen (secondary N) is 1. The number of aromatic amines is 1. The van der Waals surface area contributed by atoms with Crippen LogP contribution >= 0.6 is 0 Å². The third-order valence-corrected chi connectivity index (χ3v) is 7.69. The molecular weight excluding hydrogens is 362 g/mol. The van der Waals surface area contributed by atoms with E-state index in [0.717, 1.165) is 31.4 Å². The van der Waals surface area contributed by atoms with Crippen LogP contribution in [0.5, 0.6) is 5.75 Å². The molecule has 1 aromatic carbocycles. The van der Waals surface area contributed by atoms with Gasteiger partial charge in [0, 0.05) is 12.1 Å². The number of ether oxygens (including phenoxy) is 1. The first-order valence-electron chi connectivity index (χ1n) is 9.57. The van der Waals surface area contributed by atoms with E-state index in [4.69, 9.17) is 4.74 Å². The third kappa shape index (κ3) is 3.62. The highest BCUT2D eigenvalue weighted by Crippen LogP contribution is 2.38. The maximum absolute atomic E-state index is 13.0. The average molecular weight is 390 g/mol. The van der Waals surface area contributed by atoms with E-state index in [1.165, 1.54) is 5.56 Å². The van der Waals surface area contributed by atoms with Gasteiger partial charge in [0.15, 0.2) is 9.84 Å². The molecule has 2 aliphatic heterocycles. The van der Waals surface area contributed by atoms with Crippen molar-refractivity contribution in [1.82, 2.24) is 15.1 Å². The number of hydrogen-bond donors (Lipinski definition) is 1. The second-order valence-corrected chi connectivity index (χ2v) is 9.83. The number of hydrogen-bond acceptors (Lipinski definition) is 5. The first-order valence-corrected chi connectivity index (χ1v) is 11.2. The number of nitrogens with zero attached hydrogens (tertiary/aromatic N) is 2. The molecule has 2 fully saturated rings. The maximum atomic E-state index is 13.0. The summed E-state index contributed by atoms with van der Waals surface area (Å²) >= 11 is 0. The number of fused-ring (bicyclic) bond motifs is 2. The van der Waals surface area contributed by atoms with Crippen molar-refractivity contribution in [3.63, 3.8) is 0 Å². The number of aromatic nitrogens is 2. The molecule has 0 saturated carbocycles. The van der Waals surface area contributed by atoms with Gasteiger partial charge >= 0.3 is 0 Å². The number of piperidine rings is 1. The van der Waals surface area contributed by atoms with Crippen LogP contribution in [0.3, 0.4) is 0 Å². The molecule has 1 N–H and O–H groups in total. The van der Waals surface area contributed by atoms with Gasteiger partial charge in [0.1, 0.15) is 22.6 Å². The van der Waals surface area contributed by atoms with Crippen LogP contribution in [-0.2, 0) is 9.84 Å². The summed E-state index contributed by atoms with van der Waals surface area (Å²) in [6.07, 6.45) is 3.99. The topological polar surface area (TPSA) is 75.3 Å². The minimum Gasteiger partial charge on any atom is -0.490 e. The van der Waals surface area contributed by atoms with Gasteiger partial charge in [0.2, 0.25) is 0 Å². The smallest absolute Gasteiger partial charge is 0.195 e. The lowest BCUT2D eigenvalue weighted by Crippen LogP contribution is -2.48. The SMILES string of the molecule is Cc1cccc(OC2C[C@H]3CC[C@@H](C2)N3CS(=O)(=O)c2c(C)n[nH]c2C)c1. The van der Waals surface area contributed by atoms with Crippen LogP contribution < -0.4 is 4.74 Å². The van der Waals surface area contributed by atoms with Crippen molar-refractivity contribution >= 4 is 9.84 Å². The molecule has 146 valence electrons. The van der Waals surface area contributed by atoms with Gasteiger partial charge in [-0.15, -0.1) is 0 Å². The highest BCUT2D eigenvalue weighted by atomic mass is 32.2. The fourth-order valence-electron chi connectivity index (χ4n) is 4.67. The van der Waals surface area contributed by atoms with Crippen molar-refractivity contribution in [2.75, 3.05) is 5.88 Å². The maximum Gasteiger partial charge on any atom is 0.195 e. The molecule has 3 atom stereocenters. The van der Waals surface area contributed by atoms with Gasteiger partial charge in [0.05, 0.1) is 11.4 Å². The molecule has 27 heavy (non-hydrogen) atoms. The summed E-state index contributed by atoms with van der Waals surface area (Å²) in [6.45, 7) is 5.57. The van der Waals surface area contributed by atoms with Crippen LogP contribution in [-0.4, -0.2) is 47.6 Å². The monoisotopic (exact) mass is 389 g/mol. The zero-order chi connectivity index (χ0) is 19.2. The van der Waals surface area contributed by atoms with E-state index in [1.807, 2.05) is 12.1 Å². The lowest BCUT2D eigenvalue weighted by atomic mass is 10.0. The fraction of sp³-hybridized carbons (Fsp3) is 0.550. The number of benzene rings is 1. The Morgan fingerprint density at radius 2 is 1.89 bits per heavy atom. The zero-order valence-corrected chi connectivity index (χ0v) is 16.9. The number of sulfone groups is 1. The summed E-state index contributed by atoms with van der Waals surface area (Å²) in [4.78, 5) is 2.54. The molecule has 1 unspecified atom stereocenters. The number of H-pyrrole nitrogens is 1. The molecule has 2 saturated heterocycles. The van der Waals surface area contributed by atoms with Crippen LogP contribution in [0.15, 0.2) is 29.2 Å². The molecule has 2 bridgehead atoms. The van der Waals surface area contributed by atoms with Crippen molar-refractivity contribution in [3.05, 3.63) is 41.2 Å². The Balaban J connectivity index is 1.47. The molecule has 7 heteroatoms. The highest BCUT2D eigenvalue weighted by Gasteiger charge is 2.43. The summed E-state index contributed by atoms with van der Waals surface area (Å²) in [5.41, 5.74) is 2.36. The Morgan fingerprint density at radius 3 is 2.48 bits per heavy atom. The summed E-state index contributed by atoms with van der Waals surface area (Å²) in [5, 5.41) is 6.84. The normalized spacial score (nSPS) is 25.7. The molecule has 6 nitrogen and oxygen atoms in total. The van der Waals surface area contributed by atoms with Gasteiger partial charge in [-0.1, -0.05) is 12.1 Å². The van der Waals surface area contributed by atoms with E-state index in [0.29, 0.717) is 16.3 Å². The largest absolute Gasteiger partial charge is 0.490 e. The van der Waals surface area contributed by atoms with Gasteiger partial charge in [-0.3, -0.25) is 10.00 Å². The lowest BCUT2D eigenvalue weighted by Gasteiger charge is -2.38. The van der Waals surface area contributed by atoms with Crippen LogP contribution in [0.4, 0.5) is 0 Å². The summed E-state index contributed by atoms with van der Waals surface area (Å²) in [7, 11) is -3.39. The van der Waals surface area contributed by atoms with E-state index in [1.54, 1.807) is 13.8 Å². The van der Waals surface area contributed by atoms with Crippen LogP contribution in [0, 0.1) is 20.8 Å². The lowest BCUT2D eigenvalue weighted by molar-refractivity contribution is 0.0609. The molecule has 4 rings (SSSR count). The van der Waals surface area contributed by atoms with Crippen molar-refractivity contribution in [1.29, 1.82) is 0 Å². The molecule has 0 radical (unpaired) electrons. The molecule has 0 aliphatic carbocycles. The van der Waals surface area contributed by atoms with E-state index < -0.39 is 9.84 Å². The second kappa shape index (κ2) is 6.95. The quantitative estimate of drug-likeness (QED) is 0.850. The fourth-order valence-corrected chi connectivity index (χ4v) is 6.62. The summed E-state index contributed by atoms with van der Waals surface area (Å²) in [6, 6.07) is 8.65. The van der Waals surface area contributed by atoms with E-state index in [9.17, 15) is 8.42 Å². The van der Waals surface area contributed by atoms with Gasteiger partial charge in [-0.05, 0) is 64.2 Å². The van der Waals surface area contributed by atoms with Crippen molar-refractivity contribution in [3.8, 4) is 5.75 Å². The molecule has 3 heterocycles. The average Bonchev–Trinajstić information content (AvgIpc) is 3.03. The van der Waals surface area contributed by atoms with Gasteiger partial charge in [0.25, 0.3) is 0 Å². The van der Waals surface area contributed by atoms with Crippen LogP contribution in [0.1, 0.15) is 42.6 Å². The highest BCUT2D eigenvalue weighted by molar-refractivity contribution is 7.91.